The van der Waals surface area contributed by atoms with Gasteiger partial charge < -0.3 is 10.1 Å². The van der Waals surface area contributed by atoms with Crippen LogP contribution in [-0.2, 0) is 6.42 Å². The van der Waals surface area contributed by atoms with Gasteiger partial charge in [-0.05, 0) is 38.8 Å². The molecule has 2 amide bonds. The first-order chi connectivity index (χ1) is 11.2. The Morgan fingerprint density at radius 2 is 2.35 bits per heavy atom. The first kappa shape index (κ1) is 14.3. The molecule has 1 fully saturated rings. The summed E-state index contributed by atoms with van der Waals surface area (Å²) >= 11 is 1.53. The third-order valence-corrected chi connectivity index (χ3v) is 5.28. The molecule has 118 valence electrons. The number of aromatic nitrogens is 1. The molecule has 23 heavy (non-hydrogen) atoms. The average Bonchev–Trinajstić information content (AvgIpc) is 3.09. The summed E-state index contributed by atoms with van der Waals surface area (Å²) in [6, 6.07) is 3.71. The second-order valence-corrected chi connectivity index (χ2v) is 6.79. The summed E-state index contributed by atoms with van der Waals surface area (Å²) < 4.78 is 6.80. The van der Waals surface area contributed by atoms with Gasteiger partial charge in [0.1, 0.15) is 11.8 Å². The number of nitrogens with one attached hydrogen (secondary N) is 1. The normalized spacial score (nSPS) is 23.0. The van der Waals surface area contributed by atoms with Gasteiger partial charge in [-0.25, -0.2) is 9.78 Å². The number of carbonyl (C=O) groups excluding carboxylic acids is 1. The van der Waals surface area contributed by atoms with E-state index < -0.39 is 0 Å². The molecule has 2 aliphatic heterocycles. The Labute approximate surface area is 138 Å². The maximum absolute atomic E-state index is 12.3. The monoisotopic (exact) mass is 327 g/mol. The van der Waals surface area contributed by atoms with Gasteiger partial charge in [0, 0.05) is 5.56 Å². The number of carbonyl (C=O) groups is 1. The minimum atomic E-state index is -0.180. The number of fused-ring (bicyclic) bond motifs is 3. The van der Waals surface area contributed by atoms with E-state index in [0.29, 0.717) is 5.13 Å². The SMILES string of the molecule is CC#C[C@@H]1[C@H](C)NC(=O)N1c1nc2c3c(ccc2s1)OCCC3. The Hall–Kier alpha value is -2.26. The molecular weight excluding hydrogens is 310 g/mol. The third kappa shape index (κ3) is 2.23. The van der Waals surface area contributed by atoms with Gasteiger partial charge in [0.2, 0.25) is 0 Å². The molecule has 2 atom stereocenters. The lowest BCUT2D eigenvalue weighted by Crippen LogP contribution is -2.34. The summed E-state index contributed by atoms with van der Waals surface area (Å²) in [6.07, 6.45) is 1.97. The molecule has 0 unspecified atom stereocenters. The van der Waals surface area contributed by atoms with Gasteiger partial charge in [0.05, 0.1) is 22.9 Å². The number of urea groups is 1. The van der Waals surface area contributed by atoms with Crippen molar-refractivity contribution in [3.63, 3.8) is 0 Å². The number of rotatable bonds is 1. The summed E-state index contributed by atoms with van der Waals surface area (Å²) in [5, 5.41) is 3.64. The van der Waals surface area contributed by atoms with E-state index in [4.69, 9.17) is 9.72 Å². The highest BCUT2D eigenvalue weighted by Crippen LogP contribution is 2.38. The van der Waals surface area contributed by atoms with Gasteiger partial charge in [-0.15, -0.1) is 5.92 Å². The van der Waals surface area contributed by atoms with Gasteiger partial charge in [-0.3, -0.25) is 4.90 Å². The lowest BCUT2D eigenvalue weighted by molar-refractivity contribution is 0.251. The largest absolute Gasteiger partial charge is 0.493 e. The molecule has 0 spiro atoms. The molecule has 2 aromatic rings. The maximum Gasteiger partial charge on any atom is 0.325 e. The Morgan fingerprint density at radius 3 is 3.17 bits per heavy atom. The van der Waals surface area contributed by atoms with Crippen LogP contribution in [-0.4, -0.2) is 29.7 Å². The van der Waals surface area contributed by atoms with E-state index >= 15 is 0 Å². The molecule has 4 rings (SSSR count). The van der Waals surface area contributed by atoms with E-state index in [2.05, 4.69) is 17.2 Å². The average molecular weight is 327 g/mol. The highest BCUT2D eigenvalue weighted by atomic mass is 32.1. The molecule has 1 aromatic heterocycles. The van der Waals surface area contributed by atoms with E-state index in [1.165, 1.54) is 11.3 Å². The number of thiazole rings is 1. The van der Waals surface area contributed by atoms with Crippen molar-refractivity contribution in [3.05, 3.63) is 17.7 Å². The Balaban J connectivity index is 1.82. The van der Waals surface area contributed by atoms with Crippen LogP contribution in [0.5, 0.6) is 5.75 Å². The fourth-order valence-electron chi connectivity index (χ4n) is 3.17. The van der Waals surface area contributed by atoms with Crippen LogP contribution in [0.1, 0.15) is 25.8 Å². The van der Waals surface area contributed by atoms with Crippen molar-refractivity contribution in [1.29, 1.82) is 0 Å². The fraction of sp³-hybridized carbons (Fsp3) is 0.412. The highest BCUT2D eigenvalue weighted by Gasteiger charge is 2.38. The number of anilines is 1. The topological polar surface area (TPSA) is 54.5 Å². The molecule has 5 nitrogen and oxygen atoms in total. The number of hydrogen-bond donors (Lipinski definition) is 1. The van der Waals surface area contributed by atoms with Crippen molar-refractivity contribution in [2.45, 2.75) is 38.8 Å². The van der Waals surface area contributed by atoms with Crippen molar-refractivity contribution >= 4 is 32.7 Å². The molecule has 0 radical (unpaired) electrons. The van der Waals surface area contributed by atoms with E-state index in [1.54, 1.807) is 11.8 Å². The zero-order valence-electron chi connectivity index (χ0n) is 13.0. The first-order valence-corrected chi connectivity index (χ1v) is 8.58. The minimum absolute atomic E-state index is 0.0146. The van der Waals surface area contributed by atoms with Gasteiger partial charge in [0.25, 0.3) is 0 Å². The highest BCUT2D eigenvalue weighted by molar-refractivity contribution is 7.22. The van der Waals surface area contributed by atoms with Gasteiger partial charge in [0.15, 0.2) is 5.13 Å². The van der Waals surface area contributed by atoms with Crippen LogP contribution in [0, 0.1) is 11.8 Å². The summed E-state index contributed by atoms with van der Waals surface area (Å²) in [5.74, 6) is 6.95. The number of nitrogens with zero attached hydrogens (tertiary/aromatic N) is 2. The number of amides is 2. The van der Waals surface area contributed by atoms with Crippen molar-refractivity contribution < 1.29 is 9.53 Å². The van der Waals surface area contributed by atoms with Crippen LogP contribution in [0.4, 0.5) is 9.93 Å². The predicted molar refractivity (Wildman–Crippen MR) is 91.1 cm³/mol. The molecule has 0 saturated carbocycles. The molecule has 6 heteroatoms. The van der Waals surface area contributed by atoms with Gasteiger partial charge >= 0.3 is 6.03 Å². The first-order valence-electron chi connectivity index (χ1n) is 7.76. The second-order valence-electron chi connectivity index (χ2n) is 5.78. The van der Waals surface area contributed by atoms with Crippen LogP contribution in [0.25, 0.3) is 10.2 Å². The molecular formula is C17H17N3O2S. The smallest absolute Gasteiger partial charge is 0.325 e. The molecule has 0 bridgehead atoms. The van der Waals surface area contributed by atoms with Gasteiger partial charge in [-0.2, -0.15) is 0 Å². The van der Waals surface area contributed by atoms with Crippen molar-refractivity contribution in [2.75, 3.05) is 11.5 Å². The summed E-state index contributed by atoms with van der Waals surface area (Å²) in [7, 11) is 0. The standard InChI is InChI=1S/C17H17N3O2S/c1-3-5-12-10(2)18-16(21)20(12)17-19-15-11-6-4-9-22-13(11)7-8-14(15)23-17/h7-8,10,12H,4,6,9H2,1-2H3,(H,18,21)/t10-,12+/m0/s1. The van der Waals surface area contributed by atoms with E-state index in [-0.39, 0.29) is 18.1 Å². The van der Waals surface area contributed by atoms with Gasteiger partial charge in [-0.1, -0.05) is 17.3 Å². The second kappa shape index (κ2) is 5.43. The van der Waals surface area contributed by atoms with E-state index in [9.17, 15) is 4.79 Å². The Kier molecular flexibility index (Phi) is 3.38. The van der Waals surface area contributed by atoms with E-state index in [0.717, 1.165) is 41.0 Å². The van der Waals surface area contributed by atoms with Crippen LogP contribution >= 0.6 is 11.3 Å². The molecule has 1 aromatic carbocycles. The summed E-state index contributed by atoms with van der Waals surface area (Å²) in [4.78, 5) is 18.8. The molecule has 1 N–H and O–H groups in total. The fourth-order valence-corrected chi connectivity index (χ4v) is 4.20. The number of hydrogen-bond acceptors (Lipinski definition) is 4. The maximum atomic E-state index is 12.3. The molecule has 2 aliphatic rings. The zero-order chi connectivity index (χ0) is 16.0. The molecule has 0 aliphatic carbocycles. The third-order valence-electron chi connectivity index (χ3n) is 4.26. The lowest BCUT2D eigenvalue weighted by Gasteiger charge is -2.17. The Bertz CT molecular complexity index is 849. The minimum Gasteiger partial charge on any atom is -0.493 e. The number of ether oxygens (including phenoxy) is 1. The Morgan fingerprint density at radius 1 is 1.48 bits per heavy atom. The quantitative estimate of drug-likeness (QED) is 0.819. The van der Waals surface area contributed by atoms with Crippen LogP contribution in [0.2, 0.25) is 0 Å². The van der Waals surface area contributed by atoms with Crippen LogP contribution < -0.4 is 15.0 Å². The van der Waals surface area contributed by atoms with E-state index in [1.807, 2.05) is 19.1 Å². The van der Waals surface area contributed by atoms with Crippen LogP contribution in [0.3, 0.4) is 0 Å². The zero-order valence-corrected chi connectivity index (χ0v) is 13.9. The molecule has 1 saturated heterocycles. The molecule has 3 heterocycles. The lowest BCUT2D eigenvalue weighted by atomic mass is 10.1. The summed E-state index contributed by atoms with van der Waals surface area (Å²) in [5.41, 5.74) is 2.11. The van der Waals surface area contributed by atoms with Crippen molar-refractivity contribution in [1.82, 2.24) is 10.3 Å². The number of benzene rings is 1. The van der Waals surface area contributed by atoms with Crippen LogP contribution in [0.15, 0.2) is 12.1 Å². The predicted octanol–water partition coefficient (Wildman–Crippen LogP) is 2.93. The number of aryl methyl sites for hydroxylation is 1. The van der Waals surface area contributed by atoms with Crippen molar-refractivity contribution in [2.24, 2.45) is 0 Å². The summed E-state index contributed by atoms with van der Waals surface area (Å²) in [6.45, 7) is 4.52. The van der Waals surface area contributed by atoms with Crippen molar-refractivity contribution in [3.8, 4) is 17.6 Å².